The third kappa shape index (κ3) is 4.23. The van der Waals surface area contributed by atoms with E-state index in [1.54, 1.807) is 0 Å². The number of anilines is 1. The van der Waals surface area contributed by atoms with Gasteiger partial charge in [0, 0.05) is 24.7 Å². The number of rotatable bonds is 4. The van der Waals surface area contributed by atoms with E-state index in [1.165, 1.54) is 16.4 Å². The molecule has 1 saturated heterocycles. The minimum Gasteiger partial charge on any atom is -0.324 e. The van der Waals surface area contributed by atoms with Gasteiger partial charge in [0.1, 0.15) is 5.82 Å². The van der Waals surface area contributed by atoms with E-state index in [0.29, 0.717) is 12.8 Å². The Balaban J connectivity index is 1.65. The largest absolute Gasteiger partial charge is 0.324 e. The second-order valence-electron chi connectivity index (χ2n) is 7.16. The number of nitrogens with zero attached hydrogens (tertiary/aromatic N) is 2. The van der Waals surface area contributed by atoms with Gasteiger partial charge in [0.05, 0.1) is 16.3 Å². The minimum absolute atomic E-state index is 0.0637. The number of hydrogen-bond acceptors (Lipinski definition) is 4. The molecule has 1 aromatic carbocycles. The van der Waals surface area contributed by atoms with Gasteiger partial charge in [-0.1, -0.05) is 0 Å². The Hall–Kier alpha value is -2.32. The Bertz CT molecular complexity index is 959. The topological polar surface area (TPSA) is 79.4 Å². The van der Waals surface area contributed by atoms with E-state index in [2.05, 4.69) is 10.3 Å². The average molecular weight is 405 g/mol. The first-order valence-corrected chi connectivity index (χ1v) is 10.6. The molecule has 3 rings (SSSR count). The van der Waals surface area contributed by atoms with Gasteiger partial charge in [0.2, 0.25) is 15.9 Å². The molecule has 1 N–H and O–H groups in total. The lowest BCUT2D eigenvalue weighted by molar-refractivity contribution is -0.120. The number of piperidine rings is 1. The van der Waals surface area contributed by atoms with Crippen molar-refractivity contribution in [3.63, 3.8) is 0 Å². The summed E-state index contributed by atoms with van der Waals surface area (Å²) in [6.45, 7) is 6.19. The van der Waals surface area contributed by atoms with Gasteiger partial charge in [0.25, 0.3) is 0 Å². The molecule has 150 valence electrons. The highest BCUT2D eigenvalue weighted by molar-refractivity contribution is 7.89. The van der Waals surface area contributed by atoms with Crippen molar-refractivity contribution in [2.24, 2.45) is 5.92 Å². The fraction of sp³-hybridized carbons (Fsp3) is 0.400. The van der Waals surface area contributed by atoms with E-state index >= 15 is 0 Å². The van der Waals surface area contributed by atoms with Gasteiger partial charge in [-0.05, 0) is 69.5 Å². The summed E-state index contributed by atoms with van der Waals surface area (Å²) in [5, 5.41) is 2.96. The van der Waals surface area contributed by atoms with Crippen LogP contribution in [-0.4, -0.2) is 36.7 Å². The van der Waals surface area contributed by atoms with Crippen LogP contribution in [0.3, 0.4) is 0 Å². The van der Waals surface area contributed by atoms with Gasteiger partial charge >= 0.3 is 0 Å². The van der Waals surface area contributed by atoms with E-state index < -0.39 is 15.8 Å². The minimum atomic E-state index is -3.68. The van der Waals surface area contributed by atoms with Crippen LogP contribution in [0.25, 0.3) is 0 Å². The van der Waals surface area contributed by atoms with Crippen LogP contribution in [0.1, 0.15) is 29.8 Å². The Kier molecular flexibility index (Phi) is 5.81. The van der Waals surface area contributed by atoms with Gasteiger partial charge in [-0.2, -0.15) is 4.31 Å². The highest BCUT2D eigenvalue weighted by Gasteiger charge is 2.32. The second kappa shape index (κ2) is 7.97. The number of carbonyl (C=O) groups is 1. The molecule has 0 unspecified atom stereocenters. The van der Waals surface area contributed by atoms with Crippen LogP contribution < -0.4 is 5.32 Å². The summed E-state index contributed by atoms with van der Waals surface area (Å²) in [5.41, 5.74) is 3.33. The van der Waals surface area contributed by atoms with Crippen LogP contribution in [0.4, 0.5) is 10.1 Å². The zero-order valence-corrected chi connectivity index (χ0v) is 17.0. The molecule has 1 aromatic heterocycles. The monoisotopic (exact) mass is 405 g/mol. The van der Waals surface area contributed by atoms with Crippen molar-refractivity contribution in [2.75, 3.05) is 18.4 Å². The van der Waals surface area contributed by atoms with Crippen LogP contribution in [0, 0.1) is 32.5 Å². The number of pyridine rings is 1. The van der Waals surface area contributed by atoms with Crippen molar-refractivity contribution >= 4 is 21.6 Å². The van der Waals surface area contributed by atoms with Crippen LogP contribution in [0.2, 0.25) is 0 Å². The molecule has 8 heteroatoms. The Morgan fingerprint density at radius 3 is 2.32 bits per heavy atom. The van der Waals surface area contributed by atoms with Gasteiger partial charge < -0.3 is 5.32 Å². The van der Waals surface area contributed by atoms with Gasteiger partial charge in [-0.25, -0.2) is 12.8 Å². The van der Waals surface area contributed by atoms with Crippen LogP contribution in [0.5, 0.6) is 0 Å². The summed E-state index contributed by atoms with van der Waals surface area (Å²) in [4.78, 5) is 17.1. The Morgan fingerprint density at radius 2 is 1.75 bits per heavy atom. The summed E-state index contributed by atoms with van der Waals surface area (Å²) in [5.74, 6) is -0.860. The summed E-state index contributed by atoms with van der Waals surface area (Å²) in [7, 11) is -3.68. The standard InChI is InChI=1S/C20H24FN3O3S/c1-13-12-14(2)22-15(3)19(13)23-20(25)16-8-10-24(11-9-16)28(26,27)18-6-4-17(21)5-7-18/h4-7,12,16H,8-11H2,1-3H3,(H,23,25). The van der Waals surface area contributed by atoms with Crippen LogP contribution in [-0.2, 0) is 14.8 Å². The molecule has 0 radical (unpaired) electrons. The molecule has 0 bridgehead atoms. The Labute approximate surface area is 164 Å². The van der Waals surface area contributed by atoms with E-state index in [1.807, 2.05) is 26.8 Å². The maximum Gasteiger partial charge on any atom is 0.243 e. The maximum atomic E-state index is 13.1. The molecule has 1 amide bonds. The van der Waals surface area contributed by atoms with E-state index in [9.17, 15) is 17.6 Å². The maximum absolute atomic E-state index is 13.1. The highest BCUT2D eigenvalue weighted by Crippen LogP contribution is 2.26. The van der Waals surface area contributed by atoms with Crippen molar-refractivity contribution in [1.82, 2.24) is 9.29 Å². The first kappa shape index (κ1) is 20.4. The number of aromatic nitrogens is 1. The van der Waals surface area contributed by atoms with E-state index in [0.717, 1.165) is 34.8 Å². The van der Waals surface area contributed by atoms with E-state index in [4.69, 9.17) is 0 Å². The predicted molar refractivity (Wildman–Crippen MR) is 105 cm³/mol. The predicted octanol–water partition coefficient (Wildman–Crippen LogP) is 3.19. The number of benzene rings is 1. The van der Waals surface area contributed by atoms with Gasteiger partial charge in [-0.3, -0.25) is 9.78 Å². The van der Waals surface area contributed by atoms with Crippen LogP contribution in [0.15, 0.2) is 35.2 Å². The first-order chi connectivity index (χ1) is 13.2. The van der Waals surface area contributed by atoms with Crippen molar-refractivity contribution in [2.45, 2.75) is 38.5 Å². The molecule has 1 aliphatic rings. The Morgan fingerprint density at radius 1 is 1.14 bits per heavy atom. The van der Waals surface area contributed by atoms with Crippen molar-refractivity contribution in [1.29, 1.82) is 0 Å². The molecule has 2 heterocycles. The molecule has 0 spiro atoms. The molecular formula is C20H24FN3O3S. The lowest BCUT2D eigenvalue weighted by Gasteiger charge is -2.30. The first-order valence-electron chi connectivity index (χ1n) is 9.20. The normalized spacial score (nSPS) is 16.1. The zero-order chi connectivity index (χ0) is 20.5. The van der Waals surface area contributed by atoms with Crippen molar-refractivity contribution < 1.29 is 17.6 Å². The third-order valence-corrected chi connectivity index (χ3v) is 6.96. The zero-order valence-electron chi connectivity index (χ0n) is 16.2. The van der Waals surface area contributed by atoms with Gasteiger partial charge in [0.15, 0.2) is 0 Å². The smallest absolute Gasteiger partial charge is 0.243 e. The quantitative estimate of drug-likeness (QED) is 0.847. The number of hydrogen-bond donors (Lipinski definition) is 1. The highest BCUT2D eigenvalue weighted by atomic mass is 32.2. The molecule has 1 aliphatic heterocycles. The number of amides is 1. The third-order valence-electron chi connectivity index (χ3n) is 5.05. The SMILES string of the molecule is Cc1cc(C)c(NC(=O)C2CCN(S(=O)(=O)c3ccc(F)cc3)CC2)c(C)n1. The van der Waals surface area contributed by atoms with E-state index in [-0.39, 0.29) is 29.8 Å². The molecule has 0 saturated carbocycles. The summed E-state index contributed by atoms with van der Waals surface area (Å²) < 4.78 is 39.8. The number of aryl methyl sites for hydroxylation is 3. The number of sulfonamides is 1. The van der Waals surface area contributed by atoms with Crippen LogP contribution >= 0.6 is 0 Å². The van der Waals surface area contributed by atoms with Crippen molar-refractivity contribution in [3.8, 4) is 0 Å². The fourth-order valence-electron chi connectivity index (χ4n) is 3.55. The molecular weight excluding hydrogens is 381 g/mol. The molecule has 1 fully saturated rings. The molecule has 2 aromatic rings. The van der Waals surface area contributed by atoms with Crippen molar-refractivity contribution in [3.05, 3.63) is 53.1 Å². The lowest BCUT2D eigenvalue weighted by atomic mass is 9.97. The number of nitrogens with one attached hydrogen (secondary N) is 1. The molecule has 6 nitrogen and oxygen atoms in total. The second-order valence-corrected chi connectivity index (χ2v) is 9.10. The lowest BCUT2D eigenvalue weighted by Crippen LogP contribution is -2.41. The summed E-state index contributed by atoms with van der Waals surface area (Å²) in [6.07, 6.45) is 0.868. The number of halogens is 1. The number of carbonyl (C=O) groups excluding carboxylic acids is 1. The summed E-state index contributed by atoms with van der Waals surface area (Å²) in [6, 6.07) is 6.71. The molecule has 0 atom stereocenters. The molecule has 28 heavy (non-hydrogen) atoms. The molecule has 0 aliphatic carbocycles. The summed E-state index contributed by atoms with van der Waals surface area (Å²) >= 11 is 0. The van der Waals surface area contributed by atoms with Gasteiger partial charge in [-0.15, -0.1) is 0 Å². The average Bonchev–Trinajstić information content (AvgIpc) is 2.65. The fourth-order valence-corrected chi connectivity index (χ4v) is 5.02.